The summed E-state index contributed by atoms with van der Waals surface area (Å²) in [5.74, 6) is 1.76. The first-order chi connectivity index (χ1) is 12.6. The Hall–Kier alpha value is -2.40. The third-order valence-electron chi connectivity index (χ3n) is 4.71. The van der Waals surface area contributed by atoms with Crippen molar-refractivity contribution in [2.75, 3.05) is 13.1 Å². The van der Waals surface area contributed by atoms with Crippen LogP contribution in [0.2, 0.25) is 0 Å². The molecule has 5 heteroatoms. The summed E-state index contributed by atoms with van der Waals surface area (Å²) in [4.78, 5) is 12.0. The van der Waals surface area contributed by atoms with Crippen LogP contribution in [0.4, 0.5) is 4.39 Å². The van der Waals surface area contributed by atoms with Crippen molar-refractivity contribution >= 4 is 5.91 Å². The zero-order chi connectivity index (χ0) is 18.4. The van der Waals surface area contributed by atoms with Gasteiger partial charge in [-0.05, 0) is 80.2 Å². The first-order valence-electron chi connectivity index (χ1n) is 9.10. The van der Waals surface area contributed by atoms with Gasteiger partial charge in [0.2, 0.25) is 5.91 Å². The summed E-state index contributed by atoms with van der Waals surface area (Å²) in [6.07, 6.45) is 2.70. The predicted molar refractivity (Wildman–Crippen MR) is 99.7 cm³/mol. The van der Waals surface area contributed by atoms with E-state index in [4.69, 9.17) is 4.74 Å². The molecule has 3 rings (SSSR count). The smallest absolute Gasteiger partial charge is 0.220 e. The van der Waals surface area contributed by atoms with Gasteiger partial charge in [-0.25, -0.2) is 4.39 Å². The van der Waals surface area contributed by atoms with E-state index >= 15 is 0 Å². The topological polar surface area (TPSA) is 50.4 Å². The molecule has 2 aromatic rings. The summed E-state index contributed by atoms with van der Waals surface area (Å²) in [6, 6.07) is 11.8. The number of nitrogens with one attached hydrogen (secondary N) is 2. The third kappa shape index (κ3) is 5.30. The number of amides is 1. The lowest BCUT2D eigenvalue weighted by Crippen LogP contribution is -2.23. The van der Waals surface area contributed by atoms with Gasteiger partial charge in [0.05, 0.1) is 0 Å². The van der Waals surface area contributed by atoms with Crippen molar-refractivity contribution in [3.63, 3.8) is 0 Å². The van der Waals surface area contributed by atoms with E-state index < -0.39 is 0 Å². The largest absolute Gasteiger partial charge is 0.457 e. The number of hydrogen-bond acceptors (Lipinski definition) is 3. The van der Waals surface area contributed by atoms with Crippen LogP contribution < -0.4 is 15.4 Å². The number of rotatable bonds is 7. The van der Waals surface area contributed by atoms with Crippen LogP contribution in [0.25, 0.3) is 0 Å². The molecule has 4 nitrogen and oxygen atoms in total. The van der Waals surface area contributed by atoms with Crippen molar-refractivity contribution in [2.24, 2.45) is 5.92 Å². The van der Waals surface area contributed by atoms with Gasteiger partial charge in [0, 0.05) is 13.0 Å². The summed E-state index contributed by atoms with van der Waals surface area (Å²) < 4.78 is 18.7. The average molecular weight is 356 g/mol. The molecule has 138 valence electrons. The van der Waals surface area contributed by atoms with Gasteiger partial charge in [-0.2, -0.15) is 0 Å². The van der Waals surface area contributed by atoms with Crippen LogP contribution in [-0.4, -0.2) is 19.0 Å². The molecule has 2 aromatic carbocycles. The Bertz CT molecular complexity index is 740. The van der Waals surface area contributed by atoms with Gasteiger partial charge in [0.15, 0.2) is 0 Å². The normalized spacial score (nSPS) is 16.5. The quantitative estimate of drug-likeness (QED) is 0.790. The molecule has 0 spiro atoms. The van der Waals surface area contributed by atoms with Crippen molar-refractivity contribution in [3.05, 3.63) is 59.4 Å². The standard InChI is InChI=1S/C21H25FN2O2/c1-15-12-17(14-24-21(25)9-3-16-10-11-23-13-16)2-8-20(15)26-19-6-4-18(22)5-7-19/h2,4-8,12,16,23H,3,9-11,13-14H2,1H3,(H,24,25). The van der Waals surface area contributed by atoms with Crippen LogP contribution in [0.15, 0.2) is 42.5 Å². The lowest BCUT2D eigenvalue weighted by Gasteiger charge is -2.12. The number of ether oxygens (including phenoxy) is 1. The maximum atomic E-state index is 13.0. The number of benzene rings is 2. The second-order valence-electron chi connectivity index (χ2n) is 6.83. The Labute approximate surface area is 153 Å². The Morgan fingerprint density at radius 2 is 2.08 bits per heavy atom. The van der Waals surface area contributed by atoms with Gasteiger partial charge >= 0.3 is 0 Å². The van der Waals surface area contributed by atoms with E-state index in [1.54, 1.807) is 12.1 Å². The molecule has 1 aliphatic rings. The van der Waals surface area contributed by atoms with Gasteiger partial charge in [-0.15, -0.1) is 0 Å². The van der Waals surface area contributed by atoms with E-state index in [1.807, 2.05) is 25.1 Å². The Balaban J connectivity index is 1.48. The van der Waals surface area contributed by atoms with E-state index in [0.29, 0.717) is 24.6 Å². The van der Waals surface area contributed by atoms with Crippen LogP contribution in [-0.2, 0) is 11.3 Å². The molecule has 0 bridgehead atoms. The van der Waals surface area contributed by atoms with E-state index in [9.17, 15) is 9.18 Å². The van der Waals surface area contributed by atoms with E-state index in [2.05, 4.69) is 10.6 Å². The number of halogens is 1. The van der Waals surface area contributed by atoms with Crippen LogP contribution in [0.5, 0.6) is 11.5 Å². The van der Waals surface area contributed by atoms with E-state index in [0.717, 1.165) is 36.4 Å². The van der Waals surface area contributed by atoms with E-state index in [1.165, 1.54) is 18.6 Å². The number of aryl methyl sites for hydroxylation is 1. The Kier molecular flexibility index (Phi) is 6.23. The van der Waals surface area contributed by atoms with Gasteiger partial charge < -0.3 is 15.4 Å². The molecule has 0 aromatic heterocycles. The Morgan fingerprint density at radius 1 is 1.27 bits per heavy atom. The molecule has 0 aliphatic carbocycles. The zero-order valence-corrected chi connectivity index (χ0v) is 15.1. The van der Waals surface area contributed by atoms with Crippen molar-refractivity contribution in [1.82, 2.24) is 10.6 Å². The lowest BCUT2D eigenvalue weighted by molar-refractivity contribution is -0.121. The molecular weight excluding hydrogens is 331 g/mol. The zero-order valence-electron chi connectivity index (χ0n) is 15.1. The second kappa shape index (κ2) is 8.81. The SMILES string of the molecule is Cc1cc(CNC(=O)CCC2CCNC2)ccc1Oc1ccc(F)cc1. The highest BCUT2D eigenvalue weighted by Gasteiger charge is 2.15. The minimum Gasteiger partial charge on any atom is -0.457 e. The molecule has 1 heterocycles. The molecule has 0 radical (unpaired) electrons. The molecule has 1 atom stereocenters. The van der Waals surface area contributed by atoms with Crippen LogP contribution >= 0.6 is 0 Å². The maximum absolute atomic E-state index is 13.0. The fourth-order valence-corrected chi connectivity index (χ4v) is 3.15. The molecule has 1 aliphatic heterocycles. The summed E-state index contributed by atoms with van der Waals surface area (Å²) in [5, 5.41) is 6.31. The first-order valence-corrected chi connectivity index (χ1v) is 9.10. The lowest BCUT2D eigenvalue weighted by atomic mass is 10.0. The molecule has 1 amide bonds. The molecular formula is C21H25FN2O2. The first kappa shape index (κ1) is 18.4. The van der Waals surface area contributed by atoms with Crippen molar-refractivity contribution < 1.29 is 13.9 Å². The highest BCUT2D eigenvalue weighted by molar-refractivity contribution is 5.75. The number of carbonyl (C=O) groups is 1. The highest BCUT2D eigenvalue weighted by Crippen LogP contribution is 2.26. The predicted octanol–water partition coefficient (Wildman–Crippen LogP) is 3.93. The summed E-state index contributed by atoms with van der Waals surface area (Å²) in [7, 11) is 0. The molecule has 2 N–H and O–H groups in total. The summed E-state index contributed by atoms with van der Waals surface area (Å²) >= 11 is 0. The van der Waals surface area contributed by atoms with Gasteiger partial charge in [-0.1, -0.05) is 12.1 Å². The minimum atomic E-state index is -0.288. The highest BCUT2D eigenvalue weighted by atomic mass is 19.1. The molecule has 26 heavy (non-hydrogen) atoms. The van der Waals surface area contributed by atoms with Crippen LogP contribution in [0.1, 0.15) is 30.4 Å². The molecule has 1 saturated heterocycles. The second-order valence-corrected chi connectivity index (χ2v) is 6.83. The van der Waals surface area contributed by atoms with Crippen LogP contribution in [0, 0.1) is 18.7 Å². The van der Waals surface area contributed by atoms with E-state index in [-0.39, 0.29) is 11.7 Å². The van der Waals surface area contributed by atoms with Crippen molar-refractivity contribution in [1.29, 1.82) is 0 Å². The average Bonchev–Trinajstić information content (AvgIpc) is 3.15. The monoisotopic (exact) mass is 356 g/mol. The maximum Gasteiger partial charge on any atom is 0.220 e. The molecule has 1 unspecified atom stereocenters. The Morgan fingerprint density at radius 3 is 2.77 bits per heavy atom. The van der Waals surface area contributed by atoms with Crippen molar-refractivity contribution in [2.45, 2.75) is 32.7 Å². The fraction of sp³-hybridized carbons (Fsp3) is 0.381. The van der Waals surface area contributed by atoms with Gasteiger partial charge in [0.1, 0.15) is 17.3 Å². The summed E-state index contributed by atoms with van der Waals surface area (Å²) in [5.41, 5.74) is 2.00. The fourth-order valence-electron chi connectivity index (χ4n) is 3.15. The van der Waals surface area contributed by atoms with Gasteiger partial charge in [-0.3, -0.25) is 4.79 Å². The molecule has 1 fully saturated rings. The van der Waals surface area contributed by atoms with Crippen molar-refractivity contribution in [3.8, 4) is 11.5 Å². The van der Waals surface area contributed by atoms with Gasteiger partial charge in [0.25, 0.3) is 0 Å². The number of hydrogen-bond donors (Lipinski definition) is 2. The van der Waals surface area contributed by atoms with Crippen LogP contribution in [0.3, 0.4) is 0 Å². The minimum absolute atomic E-state index is 0.0983. The third-order valence-corrected chi connectivity index (χ3v) is 4.71. The number of carbonyl (C=O) groups excluding carboxylic acids is 1. The molecule has 0 saturated carbocycles. The summed E-state index contributed by atoms with van der Waals surface area (Å²) in [6.45, 7) is 4.57.